The molecule has 1 nitrogen and oxygen atoms in total. The average molecular weight is 219 g/mol. The summed E-state index contributed by atoms with van der Waals surface area (Å²) >= 11 is 11.6. The van der Waals surface area contributed by atoms with Crippen LogP contribution in [0.15, 0.2) is 24.3 Å². The van der Waals surface area contributed by atoms with Crippen LogP contribution >= 0.6 is 23.2 Å². The van der Waals surface area contributed by atoms with E-state index in [-0.39, 0.29) is 6.10 Å². The van der Waals surface area contributed by atoms with E-state index in [1.54, 1.807) is 0 Å². The van der Waals surface area contributed by atoms with Crippen molar-refractivity contribution in [1.29, 1.82) is 0 Å². The van der Waals surface area contributed by atoms with Gasteiger partial charge in [-0.05, 0) is 19.9 Å². The molecule has 0 unspecified atom stereocenters. The van der Waals surface area contributed by atoms with Gasteiger partial charge in [-0.2, -0.15) is 0 Å². The Morgan fingerprint density at radius 1 is 1.15 bits per heavy atom. The fourth-order valence-corrected chi connectivity index (χ4v) is 1.38. The van der Waals surface area contributed by atoms with E-state index in [2.05, 4.69) is 0 Å². The van der Waals surface area contributed by atoms with Crippen LogP contribution in [0.4, 0.5) is 0 Å². The van der Waals surface area contributed by atoms with E-state index in [0.717, 1.165) is 11.3 Å². The van der Waals surface area contributed by atoms with Crippen molar-refractivity contribution in [3.05, 3.63) is 29.8 Å². The molecule has 1 rings (SSSR count). The molecule has 0 heterocycles. The monoisotopic (exact) mass is 218 g/mol. The van der Waals surface area contributed by atoms with E-state index >= 15 is 0 Å². The second-order valence-electron chi connectivity index (χ2n) is 3.01. The number of rotatable bonds is 3. The van der Waals surface area contributed by atoms with Crippen LogP contribution in [-0.4, -0.2) is 6.10 Å². The third-order valence-electron chi connectivity index (χ3n) is 1.52. The number of para-hydroxylation sites is 1. The summed E-state index contributed by atoms with van der Waals surface area (Å²) in [7, 11) is 0. The molecule has 0 atom stereocenters. The highest BCUT2D eigenvalue weighted by Gasteiger charge is 2.10. The lowest BCUT2D eigenvalue weighted by Gasteiger charge is -2.14. The van der Waals surface area contributed by atoms with Crippen LogP contribution in [0, 0.1) is 0 Å². The lowest BCUT2D eigenvalue weighted by atomic mass is 10.2. The first-order valence-electron chi connectivity index (χ1n) is 4.15. The van der Waals surface area contributed by atoms with Crippen molar-refractivity contribution in [1.82, 2.24) is 0 Å². The van der Waals surface area contributed by atoms with Crippen LogP contribution < -0.4 is 4.74 Å². The highest BCUT2D eigenvalue weighted by Crippen LogP contribution is 2.32. The maximum absolute atomic E-state index is 5.78. The molecular weight excluding hydrogens is 207 g/mol. The van der Waals surface area contributed by atoms with Crippen molar-refractivity contribution in [3.63, 3.8) is 0 Å². The quantitative estimate of drug-likeness (QED) is 0.699. The lowest BCUT2D eigenvalue weighted by molar-refractivity contribution is 0.240. The molecule has 0 spiro atoms. The molecule has 0 radical (unpaired) electrons. The summed E-state index contributed by atoms with van der Waals surface area (Å²) in [6, 6.07) is 7.52. The summed E-state index contributed by atoms with van der Waals surface area (Å²) in [4.78, 5) is -0.532. The van der Waals surface area contributed by atoms with Gasteiger partial charge in [0.15, 0.2) is 0 Å². The number of alkyl halides is 2. The van der Waals surface area contributed by atoms with Gasteiger partial charge in [-0.3, -0.25) is 0 Å². The zero-order chi connectivity index (χ0) is 9.84. The Morgan fingerprint density at radius 2 is 1.77 bits per heavy atom. The third kappa shape index (κ3) is 3.09. The molecule has 3 heteroatoms. The highest BCUT2D eigenvalue weighted by molar-refractivity contribution is 6.44. The Labute approximate surface area is 88.6 Å². The third-order valence-corrected chi connectivity index (χ3v) is 1.99. The van der Waals surface area contributed by atoms with Gasteiger partial charge in [-0.25, -0.2) is 0 Å². The first kappa shape index (κ1) is 10.7. The Hall–Kier alpha value is -0.400. The standard InChI is InChI=1S/C10H12Cl2O/c1-7(2)13-9-6-4-3-5-8(9)10(11)12/h3-7,10H,1-2H3. The molecule has 0 amide bonds. The minimum absolute atomic E-state index is 0.133. The molecule has 0 aliphatic rings. The van der Waals surface area contributed by atoms with Gasteiger partial charge in [-0.15, -0.1) is 0 Å². The van der Waals surface area contributed by atoms with Gasteiger partial charge in [-0.1, -0.05) is 41.4 Å². The van der Waals surface area contributed by atoms with Gasteiger partial charge in [0.1, 0.15) is 10.6 Å². The molecule has 0 aliphatic carbocycles. The van der Waals surface area contributed by atoms with Gasteiger partial charge in [0, 0.05) is 5.56 Å². The molecule has 0 saturated carbocycles. The zero-order valence-corrected chi connectivity index (χ0v) is 9.14. The van der Waals surface area contributed by atoms with Crippen LogP contribution in [0.3, 0.4) is 0 Å². The molecule has 0 saturated heterocycles. The summed E-state index contributed by atoms with van der Waals surface area (Å²) in [5.41, 5.74) is 0.819. The van der Waals surface area contributed by atoms with E-state index < -0.39 is 4.84 Å². The van der Waals surface area contributed by atoms with Crippen LogP contribution in [0.5, 0.6) is 5.75 Å². The molecule has 72 valence electrons. The van der Waals surface area contributed by atoms with Crippen LogP contribution in [0.25, 0.3) is 0 Å². The van der Waals surface area contributed by atoms with Crippen molar-refractivity contribution >= 4 is 23.2 Å². The smallest absolute Gasteiger partial charge is 0.136 e. The van der Waals surface area contributed by atoms with Crippen molar-refractivity contribution < 1.29 is 4.74 Å². The van der Waals surface area contributed by atoms with E-state index in [1.807, 2.05) is 38.1 Å². The SMILES string of the molecule is CC(C)Oc1ccccc1C(Cl)Cl. The van der Waals surface area contributed by atoms with Crippen molar-refractivity contribution in [2.45, 2.75) is 24.8 Å². The van der Waals surface area contributed by atoms with Crippen LogP contribution in [0.2, 0.25) is 0 Å². The van der Waals surface area contributed by atoms with Crippen LogP contribution in [0.1, 0.15) is 24.2 Å². The molecule has 0 fully saturated rings. The molecular formula is C10H12Cl2O. The zero-order valence-electron chi connectivity index (χ0n) is 7.63. The second kappa shape index (κ2) is 4.73. The van der Waals surface area contributed by atoms with Crippen molar-refractivity contribution in [3.8, 4) is 5.75 Å². The normalized spacial score (nSPS) is 10.9. The lowest BCUT2D eigenvalue weighted by Crippen LogP contribution is -2.07. The molecule has 1 aromatic rings. The Kier molecular flexibility index (Phi) is 3.89. The maximum atomic E-state index is 5.78. The van der Waals surface area contributed by atoms with E-state index in [1.165, 1.54) is 0 Å². The van der Waals surface area contributed by atoms with Crippen LogP contribution in [-0.2, 0) is 0 Å². The Bertz CT molecular complexity index is 271. The molecule has 0 aliphatic heterocycles. The first-order chi connectivity index (χ1) is 6.11. The fraction of sp³-hybridized carbons (Fsp3) is 0.400. The van der Waals surface area contributed by atoms with Gasteiger partial charge < -0.3 is 4.74 Å². The maximum Gasteiger partial charge on any atom is 0.136 e. The predicted octanol–water partition coefficient (Wildman–Crippen LogP) is 3.95. The molecule has 0 bridgehead atoms. The second-order valence-corrected chi connectivity index (χ2v) is 4.10. The van der Waals surface area contributed by atoms with E-state index in [0.29, 0.717) is 0 Å². The first-order valence-corrected chi connectivity index (χ1v) is 5.02. The number of hydrogen-bond acceptors (Lipinski definition) is 1. The fourth-order valence-electron chi connectivity index (χ4n) is 1.02. The number of ether oxygens (including phenoxy) is 1. The molecule has 13 heavy (non-hydrogen) atoms. The number of benzene rings is 1. The number of halogens is 2. The molecule has 0 N–H and O–H groups in total. The van der Waals surface area contributed by atoms with Gasteiger partial charge in [0.05, 0.1) is 6.10 Å². The average Bonchev–Trinajstić information content (AvgIpc) is 2.03. The largest absolute Gasteiger partial charge is 0.491 e. The summed E-state index contributed by atoms with van der Waals surface area (Å²) in [6.07, 6.45) is 0.133. The van der Waals surface area contributed by atoms with Gasteiger partial charge >= 0.3 is 0 Å². The minimum atomic E-state index is -0.532. The summed E-state index contributed by atoms with van der Waals surface area (Å²) < 4.78 is 5.54. The highest BCUT2D eigenvalue weighted by atomic mass is 35.5. The topological polar surface area (TPSA) is 9.23 Å². The molecule has 1 aromatic carbocycles. The summed E-state index contributed by atoms with van der Waals surface area (Å²) in [5.74, 6) is 0.757. The molecule has 0 aromatic heterocycles. The minimum Gasteiger partial charge on any atom is -0.491 e. The van der Waals surface area contributed by atoms with Gasteiger partial charge in [0.25, 0.3) is 0 Å². The van der Waals surface area contributed by atoms with E-state index in [9.17, 15) is 0 Å². The predicted molar refractivity (Wildman–Crippen MR) is 56.7 cm³/mol. The Morgan fingerprint density at radius 3 is 2.31 bits per heavy atom. The number of hydrogen-bond donors (Lipinski definition) is 0. The van der Waals surface area contributed by atoms with E-state index in [4.69, 9.17) is 27.9 Å². The summed E-state index contributed by atoms with van der Waals surface area (Å²) in [5, 5.41) is 0. The van der Waals surface area contributed by atoms with Gasteiger partial charge in [0.2, 0.25) is 0 Å². The summed E-state index contributed by atoms with van der Waals surface area (Å²) in [6.45, 7) is 3.93. The Balaban J connectivity index is 2.91. The van der Waals surface area contributed by atoms with Crippen molar-refractivity contribution in [2.75, 3.05) is 0 Å². The van der Waals surface area contributed by atoms with Crippen molar-refractivity contribution in [2.24, 2.45) is 0 Å².